The van der Waals surface area contributed by atoms with Gasteiger partial charge in [0.1, 0.15) is 5.75 Å². The number of amides is 2. The predicted molar refractivity (Wildman–Crippen MR) is 115 cm³/mol. The molecule has 5 unspecified atom stereocenters. The lowest BCUT2D eigenvalue weighted by Gasteiger charge is -2.37. The number of benzene rings is 2. The number of ketones is 1. The Balaban J connectivity index is 1.16. The number of carbonyl (C=O) groups excluding carboxylic acids is 3. The molecule has 5 heteroatoms. The second-order valence-electron chi connectivity index (χ2n) is 9.24. The van der Waals surface area contributed by atoms with Crippen LogP contribution in [0, 0.1) is 42.4 Å². The van der Waals surface area contributed by atoms with Gasteiger partial charge in [-0.2, -0.15) is 0 Å². The number of Topliss-reactive ketones (excluding diaryl/α,β-unsaturated/α-hetero) is 1. The van der Waals surface area contributed by atoms with Gasteiger partial charge >= 0.3 is 0 Å². The third-order valence-corrected chi connectivity index (χ3v) is 7.50. The van der Waals surface area contributed by atoms with Crippen LogP contribution < -0.4 is 9.64 Å². The van der Waals surface area contributed by atoms with E-state index in [0.29, 0.717) is 28.8 Å². The van der Waals surface area contributed by atoms with E-state index in [4.69, 9.17) is 4.74 Å². The van der Waals surface area contributed by atoms with Crippen molar-refractivity contribution in [3.63, 3.8) is 0 Å². The van der Waals surface area contributed by atoms with Crippen molar-refractivity contribution in [2.75, 3.05) is 11.5 Å². The quantitative estimate of drug-likeness (QED) is 0.425. The van der Waals surface area contributed by atoms with Crippen molar-refractivity contribution in [3.8, 4) is 5.75 Å². The van der Waals surface area contributed by atoms with Crippen molar-refractivity contribution in [2.45, 2.75) is 13.3 Å². The van der Waals surface area contributed by atoms with Crippen LogP contribution in [0.25, 0.3) is 0 Å². The smallest absolute Gasteiger partial charge is 0.238 e. The number of imide groups is 1. The van der Waals surface area contributed by atoms with Crippen LogP contribution >= 0.6 is 0 Å². The van der Waals surface area contributed by atoms with E-state index in [1.807, 2.05) is 19.1 Å². The molecule has 1 saturated heterocycles. The van der Waals surface area contributed by atoms with Crippen LogP contribution in [0.2, 0.25) is 0 Å². The number of carbonyl (C=O) groups is 3. The van der Waals surface area contributed by atoms with E-state index >= 15 is 0 Å². The van der Waals surface area contributed by atoms with E-state index in [1.165, 1.54) is 4.90 Å². The summed E-state index contributed by atoms with van der Waals surface area (Å²) in [6.45, 7) is 1.91. The maximum absolute atomic E-state index is 13.2. The zero-order valence-electron chi connectivity index (χ0n) is 17.2. The molecule has 2 amide bonds. The molecule has 2 saturated carbocycles. The van der Waals surface area contributed by atoms with Gasteiger partial charge in [-0.1, -0.05) is 42.0 Å². The van der Waals surface area contributed by atoms with E-state index in [2.05, 4.69) is 12.2 Å². The van der Waals surface area contributed by atoms with Crippen LogP contribution in [-0.2, 0) is 9.59 Å². The molecular formula is C26H23NO4. The lowest BCUT2D eigenvalue weighted by molar-refractivity contribution is -0.124. The fourth-order valence-corrected chi connectivity index (χ4v) is 5.87. The van der Waals surface area contributed by atoms with Crippen LogP contribution in [-0.4, -0.2) is 24.2 Å². The first-order chi connectivity index (χ1) is 15.0. The molecule has 4 aliphatic carbocycles. The molecule has 31 heavy (non-hydrogen) atoms. The van der Waals surface area contributed by atoms with E-state index in [0.717, 1.165) is 12.0 Å². The molecule has 1 heterocycles. The van der Waals surface area contributed by atoms with Gasteiger partial charge in [0.05, 0.1) is 17.5 Å². The van der Waals surface area contributed by atoms with Gasteiger partial charge < -0.3 is 4.74 Å². The summed E-state index contributed by atoms with van der Waals surface area (Å²) in [5.41, 5.74) is 2.29. The molecule has 5 nitrogen and oxygen atoms in total. The van der Waals surface area contributed by atoms with E-state index in [1.54, 1.807) is 36.4 Å². The first-order valence-corrected chi connectivity index (χ1v) is 10.9. The Labute approximate surface area is 180 Å². The Morgan fingerprint density at radius 3 is 2.06 bits per heavy atom. The van der Waals surface area contributed by atoms with Gasteiger partial charge in [0.15, 0.2) is 12.4 Å². The van der Waals surface area contributed by atoms with Crippen molar-refractivity contribution >= 4 is 23.3 Å². The van der Waals surface area contributed by atoms with Crippen LogP contribution in [0.3, 0.4) is 0 Å². The van der Waals surface area contributed by atoms with Crippen molar-refractivity contribution in [1.29, 1.82) is 0 Å². The standard InChI is InChI=1S/C26H23NO4/c1-14-2-4-15(5-3-14)22(28)13-31-17-8-6-16(7-9-17)27-25(29)23-18-10-11-19(21-12-20(18)21)24(23)26(27)30/h2-11,18-21,23-24H,12-13H2,1H3/t18-,19?,20?,21?,23?,24?/m1/s1. The number of aryl methyl sites for hydroxylation is 1. The molecule has 5 aliphatic rings. The molecule has 2 bridgehead atoms. The maximum atomic E-state index is 13.2. The maximum Gasteiger partial charge on any atom is 0.238 e. The summed E-state index contributed by atoms with van der Waals surface area (Å²) in [5.74, 6) is 1.52. The van der Waals surface area contributed by atoms with Gasteiger partial charge in [-0.05, 0) is 61.3 Å². The average molecular weight is 413 g/mol. The number of ether oxygens (including phenoxy) is 1. The lowest BCUT2D eigenvalue weighted by Crippen LogP contribution is -2.40. The van der Waals surface area contributed by atoms with Crippen LogP contribution in [0.4, 0.5) is 5.69 Å². The fraction of sp³-hybridized carbons (Fsp3) is 0.346. The second kappa shape index (κ2) is 6.64. The summed E-state index contributed by atoms with van der Waals surface area (Å²) in [4.78, 5) is 40.0. The van der Waals surface area contributed by atoms with E-state index in [-0.39, 0.29) is 47.9 Å². The predicted octanol–water partition coefficient (Wildman–Crippen LogP) is 3.81. The molecule has 2 aromatic rings. The highest BCUT2D eigenvalue weighted by molar-refractivity contribution is 6.22. The minimum absolute atomic E-state index is 0.0636. The summed E-state index contributed by atoms with van der Waals surface area (Å²) < 4.78 is 5.63. The lowest BCUT2D eigenvalue weighted by atomic mass is 9.63. The molecular weight excluding hydrogens is 390 g/mol. The average Bonchev–Trinajstić information content (AvgIpc) is 3.56. The Morgan fingerprint density at radius 2 is 1.48 bits per heavy atom. The second-order valence-corrected chi connectivity index (χ2v) is 9.24. The molecule has 7 rings (SSSR count). The van der Waals surface area contributed by atoms with Crippen molar-refractivity contribution in [1.82, 2.24) is 0 Å². The minimum atomic E-state index is -0.200. The molecule has 156 valence electrons. The summed E-state index contributed by atoms with van der Waals surface area (Å²) in [6, 6.07) is 14.3. The zero-order chi connectivity index (χ0) is 21.3. The third kappa shape index (κ3) is 2.79. The molecule has 0 spiro atoms. The van der Waals surface area contributed by atoms with Gasteiger partial charge in [-0.3, -0.25) is 19.3 Å². The van der Waals surface area contributed by atoms with Gasteiger partial charge in [0, 0.05) is 5.56 Å². The monoisotopic (exact) mass is 413 g/mol. The highest BCUT2D eigenvalue weighted by Gasteiger charge is 2.67. The van der Waals surface area contributed by atoms with Crippen molar-refractivity contribution in [3.05, 3.63) is 71.8 Å². The number of hydrogen-bond donors (Lipinski definition) is 0. The SMILES string of the molecule is Cc1ccc(C(=O)COc2ccc(N3C(=O)C4C5C=C[C@H](C6CC56)C4C3=O)cc2)cc1. The highest BCUT2D eigenvalue weighted by atomic mass is 16.5. The van der Waals surface area contributed by atoms with Crippen LogP contribution in [0.1, 0.15) is 22.3 Å². The number of anilines is 1. The molecule has 0 aromatic heterocycles. The largest absolute Gasteiger partial charge is 0.485 e. The first-order valence-electron chi connectivity index (χ1n) is 10.9. The number of nitrogens with zero attached hydrogens (tertiary/aromatic N) is 1. The molecule has 0 radical (unpaired) electrons. The molecule has 0 N–H and O–H groups in total. The minimum Gasteiger partial charge on any atom is -0.485 e. The Morgan fingerprint density at radius 1 is 0.903 bits per heavy atom. The molecule has 2 aromatic carbocycles. The van der Waals surface area contributed by atoms with E-state index in [9.17, 15) is 14.4 Å². The van der Waals surface area contributed by atoms with Crippen molar-refractivity contribution < 1.29 is 19.1 Å². The van der Waals surface area contributed by atoms with Gasteiger partial charge in [0.25, 0.3) is 0 Å². The van der Waals surface area contributed by atoms with Gasteiger partial charge in [0.2, 0.25) is 11.8 Å². The first kappa shape index (κ1) is 18.6. The molecule has 1 aliphatic heterocycles. The fourth-order valence-electron chi connectivity index (χ4n) is 5.87. The normalized spacial score (nSPS) is 32.1. The van der Waals surface area contributed by atoms with Crippen LogP contribution in [0.15, 0.2) is 60.7 Å². The number of allylic oxidation sites excluding steroid dienone is 2. The zero-order valence-corrected chi connectivity index (χ0v) is 17.2. The number of hydrogen-bond acceptors (Lipinski definition) is 4. The Bertz CT molecular complexity index is 1080. The van der Waals surface area contributed by atoms with Gasteiger partial charge in [-0.25, -0.2) is 0 Å². The highest BCUT2D eigenvalue weighted by Crippen LogP contribution is 2.65. The van der Waals surface area contributed by atoms with E-state index < -0.39 is 0 Å². The Kier molecular flexibility index (Phi) is 3.98. The summed E-state index contributed by atoms with van der Waals surface area (Å²) >= 11 is 0. The van der Waals surface area contributed by atoms with Gasteiger partial charge in [-0.15, -0.1) is 0 Å². The summed E-state index contributed by atoms with van der Waals surface area (Å²) in [7, 11) is 0. The number of rotatable bonds is 5. The Hall–Kier alpha value is -3.21. The third-order valence-electron chi connectivity index (χ3n) is 7.50. The topological polar surface area (TPSA) is 63.7 Å². The van der Waals surface area contributed by atoms with Crippen molar-refractivity contribution in [2.24, 2.45) is 35.5 Å². The molecule has 6 atom stereocenters. The molecule has 3 fully saturated rings. The van der Waals surface area contributed by atoms with Crippen LogP contribution in [0.5, 0.6) is 5.75 Å². The summed E-state index contributed by atoms with van der Waals surface area (Å²) in [5, 5.41) is 0. The summed E-state index contributed by atoms with van der Waals surface area (Å²) in [6.07, 6.45) is 5.51.